The van der Waals surface area contributed by atoms with E-state index in [1.54, 1.807) is 30.3 Å². The molecule has 2 aromatic rings. The third-order valence-electron chi connectivity index (χ3n) is 2.61. The molecule has 0 aliphatic heterocycles. The SMILES string of the molecule is Cc1ccc(Cl)c(O[P@](C)(=O)Nc2ccc(Cl)c(Cl)c2)c1. The normalized spacial score (nSPS) is 13.6. The summed E-state index contributed by atoms with van der Waals surface area (Å²) >= 11 is 17.8. The highest BCUT2D eigenvalue weighted by Gasteiger charge is 2.19. The summed E-state index contributed by atoms with van der Waals surface area (Å²) in [7, 11) is -3.15. The van der Waals surface area contributed by atoms with Gasteiger partial charge in [0.25, 0.3) is 0 Å². The van der Waals surface area contributed by atoms with Crippen LogP contribution in [0, 0.1) is 6.92 Å². The van der Waals surface area contributed by atoms with Crippen LogP contribution in [0.1, 0.15) is 5.56 Å². The third kappa shape index (κ3) is 4.55. The molecule has 7 heteroatoms. The van der Waals surface area contributed by atoms with Crippen molar-refractivity contribution in [3.8, 4) is 5.75 Å². The van der Waals surface area contributed by atoms with Crippen molar-refractivity contribution in [1.82, 2.24) is 0 Å². The number of rotatable bonds is 4. The maximum atomic E-state index is 12.5. The zero-order valence-electron chi connectivity index (χ0n) is 11.4. The van der Waals surface area contributed by atoms with Crippen LogP contribution >= 0.6 is 42.3 Å². The molecule has 0 fully saturated rings. The van der Waals surface area contributed by atoms with Gasteiger partial charge in [0.2, 0.25) is 0 Å². The quantitative estimate of drug-likeness (QED) is 0.650. The summed E-state index contributed by atoms with van der Waals surface area (Å²) in [4.78, 5) is 0. The molecule has 0 aromatic heterocycles. The van der Waals surface area contributed by atoms with Crippen molar-refractivity contribution in [1.29, 1.82) is 0 Å². The van der Waals surface area contributed by atoms with Crippen LogP contribution in [-0.2, 0) is 4.57 Å². The van der Waals surface area contributed by atoms with Gasteiger partial charge >= 0.3 is 7.52 Å². The van der Waals surface area contributed by atoms with E-state index in [1.165, 1.54) is 6.66 Å². The van der Waals surface area contributed by atoms with Crippen LogP contribution in [0.25, 0.3) is 0 Å². The summed E-state index contributed by atoms with van der Waals surface area (Å²) < 4.78 is 18.1. The summed E-state index contributed by atoms with van der Waals surface area (Å²) in [5.41, 5.74) is 1.52. The Morgan fingerprint density at radius 2 is 1.67 bits per heavy atom. The summed E-state index contributed by atoms with van der Waals surface area (Å²) in [6.07, 6.45) is 0. The molecule has 0 aliphatic carbocycles. The molecular weight excluding hydrogens is 351 g/mol. The van der Waals surface area contributed by atoms with Gasteiger partial charge in [0.1, 0.15) is 5.75 Å². The Hall–Kier alpha value is -0.860. The highest BCUT2D eigenvalue weighted by Crippen LogP contribution is 2.46. The molecule has 0 amide bonds. The Kier molecular flexibility index (Phi) is 5.11. The van der Waals surface area contributed by atoms with Crippen molar-refractivity contribution >= 4 is 48.0 Å². The lowest BCUT2D eigenvalue weighted by atomic mass is 10.2. The van der Waals surface area contributed by atoms with E-state index in [1.807, 2.05) is 13.0 Å². The van der Waals surface area contributed by atoms with Gasteiger partial charge < -0.3 is 9.61 Å². The maximum Gasteiger partial charge on any atom is 0.338 e. The van der Waals surface area contributed by atoms with Gasteiger partial charge in [-0.05, 0) is 42.8 Å². The fourth-order valence-corrected chi connectivity index (χ4v) is 3.38. The molecule has 1 atom stereocenters. The Balaban J connectivity index is 2.20. The molecule has 3 nitrogen and oxygen atoms in total. The summed E-state index contributed by atoms with van der Waals surface area (Å²) in [5, 5.41) is 4.01. The van der Waals surface area contributed by atoms with Crippen LogP contribution in [0.4, 0.5) is 5.69 Å². The predicted molar refractivity (Wildman–Crippen MR) is 90.4 cm³/mol. The molecule has 2 aromatic carbocycles. The maximum absolute atomic E-state index is 12.5. The lowest BCUT2D eigenvalue weighted by Crippen LogP contribution is -2.02. The Bertz CT molecular complexity index is 721. The Morgan fingerprint density at radius 1 is 1.00 bits per heavy atom. The zero-order chi connectivity index (χ0) is 15.6. The molecule has 112 valence electrons. The second kappa shape index (κ2) is 6.50. The average molecular weight is 365 g/mol. The van der Waals surface area contributed by atoms with E-state index in [0.29, 0.717) is 26.5 Å². The van der Waals surface area contributed by atoms with Gasteiger partial charge in [0.15, 0.2) is 0 Å². The molecule has 0 saturated heterocycles. The van der Waals surface area contributed by atoms with Crippen LogP contribution in [0.3, 0.4) is 0 Å². The molecule has 0 aliphatic rings. The smallest absolute Gasteiger partial charge is 0.338 e. The number of aryl methyl sites for hydroxylation is 1. The number of anilines is 1. The van der Waals surface area contributed by atoms with Gasteiger partial charge in [-0.2, -0.15) is 0 Å². The van der Waals surface area contributed by atoms with Gasteiger partial charge in [-0.15, -0.1) is 0 Å². The van der Waals surface area contributed by atoms with Crippen molar-refractivity contribution < 1.29 is 9.09 Å². The first-order valence-corrected chi connectivity index (χ1v) is 9.24. The van der Waals surface area contributed by atoms with E-state index >= 15 is 0 Å². The van der Waals surface area contributed by atoms with Crippen molar-refractivity contribution in [2.75, 3.05) is 11.8 Å². The first-order chi connectivity index (χ1) is 9.77. The van der Waals surface area contributed by atoms with Gasteiger partial charge in [0, 0.05) is 12.4 Å². The second-order valence-corrected chi connectivity index (χ2v) is 7.93. The third-order valence-corrected chi connectivity index (χ3v) is 4.87. The average Bonchev–Trinajstić information content (AvgIpc) is 2.37. The van der Waals surface area contributed by atoms with Crippen LogP contribution in [0.2, 0.25) is 15.1 Å². The van der Waals surface area contributed by atoms with Gasteiger partial charge in [-0.1, -0.05) is 40.9 Å². The van der Waals surface area contributed by atoms with Crippen molar-refractivity contribution in [2.45, 2.75) is 6.92 Å². The van der Waals surface area contributed by atoms with E-state index < -0.39 is 7.52 Å². The number of halogens is 3. The molecule has 0 unspecified atom stereocenters. The summed E-state index contributed by atoms with van der Waals surface area (Å²) in [6.45, 7) is 3.37. The predicted octanol–water partition coefficient (Wildman–Crippen LogP) is 6.27. The van der Waals surface area contributed by atoms with E-state index in [-0.39, 0.29) is 0 Å². The van der Waals surface area contributed by atoms with E-state index in [9.17, 15) is 4.57 Å². The molecule has 2 rings (SSSR count). The van der Waals surface area contributed by atoms with Crippen LogP contribution in [-0.4, -0.2) is 6.66 Å². The molecule has 1 N–H and O–H groups in total. The Labute approximate surface area is 138 Å². The fraction of sp³-hybridized carbons (Fsp3) is 0.143. The van der Waals surface area contributed by atoms with E-state index in [4.69, 9.17) is 39.3 Å². The van der Waals surface area contributed by atoms with Crippen LogP contribution < -0.4 is 9.61 Å². The molecule has 0 spiro atoms. The minimum atomic E-state index is -3.15. The van der Waals surface area contributed by atoms with Crippen molar-refractivity contribution in [2.24, 2.45) is 0 Å². The minimum Gasteiger partial charge on any atom is -0.427 e. The first-order valence-electron chi connectivity index (χ1n) is 6.03. The van der Waals surface area contributed by atoms with Gasteiger partial charge in [-0.3, -0.25) is 4.57 Å². The topological polar surface area (TPSA) is 38.3 Å². The number of hydrogen-bond acceptors (Lipinski definition) is 2. The minimum absolute atomic E-state index is 0.370. The zero-order valence-corrected chi connectivity index (χ0v) is 14.5. The highest BCUT2D eigenvalue weighted by atomic mass is 35.5. The van der Waals surface area contributed by atoms with Crippen molar-refractivity contribution in [3.05, 3.63) is 57.0 Å². The Morgan fingerprint density at radius 3 is 2.33 bits per heavy atom. The van der Waals surface area contributed by atoms with E-state index in [2.05, 4.69) is 5.09 Å². The lowest BCUT2D eigenvalue weighted by molar-refractivity contribution is 0.493. The van der Waals surface area contributed by atoms with E-state index in [0.717, 1.165) is 5.56 Å². The monoisotopic (exact) mass is 363 g/mol. The number of hydrogen-bond donors (Lipinski definition) is 1. The number of nitrogens with one attached hydrogen (secondary N) is 1. The van der Waals surface area contributed by atoms with Gasteiger partial charge in [-0.25, -0.2) is 0 Å². The summed E-state index contributed by atoms with van der Waals surface area (Å²) in [6, 6.07) is 10.2. The lowest BCUT2D eigenvalue weighted by Gasteiger charge is -2.18. The standard InChI is InChI=1S/C14H13Cl3NO2P/c1-9-3-5-12(16)14(7-9)20-21(2,19)18-10-4-6-11(15)13(17)8-10/h3-8H,1-2H3,(H,18,19)/t21-/m0/s1. The second-order valence-electron chi connectivity index (χ2n) is 4.61. The van der Waals surface area contributed by atoms with Gasteiger partial charge in [0.05, 0.1) is 15.1 Å². The van der Waals surface area contributed by atoms with Crippen molar-refractivity contribution in [3.63, 3.8) is 0 Å². The molecule has 0 heterocycles. The molecule has 0 saturated carbocycles. The van der Waals surface area contributed by atoms with Crippen LogP contribution in [0.5, 0.6) is 5.75 Å². The summed E-state index contributed by atoms with van der Waals surface area (Å²) in [5.74, 6) is 0.370. The first kappa shape index (κ1) is 16.5. The largest absolute Gasteiger partial charge is 0.427 e. The molecule has 0 radical (unpaired) electrons. The van der Waals surface area contributed by atoms with Crippen LogP contribution in [0.15, 0.2) is 36.4 Å². The molecular formula is C14H13Cl3NO2P. The fourth-order valence-electron chi connectivity index (χ4n) is 1.69. The molecule has 21 heavy (non-hydrogen) atoms. The number of benzene rings is 2. The highest BCUT2D eigenvalue weighted by molar-refractivity contribution is 7.60. The molecule has 0 bridgehead atoms.